The quantitative estimate of drug-likeness (QED) is 0.234. The molecule has 2 amide bonds. The molecular formula is C27H29N3O6. The minimum Gasteiger partial charge on any atom is -0.491 e. The van der Waals surface area contributed by atoms with E-state index in [1.54, 1.807) is 72.8 Å². The number of amides is 2. The van der Waals surface area contributed by atoms with Crippen LogP contribution in [0, 0.1) is 0 Å². The second-order valence-corrected chi connectivity index (χ2v) is 7.56. The zero-order valence-corrected chi connectivity index (χ0v) is 19.8. The summed E-state index contributed by atoms with van der Waals surface area (Å²) < 4.78 is 17.0. The number of hydrogen-bond donors (Lipinski definition) is 4. The fourth-order valence-corrected chi connectivity index (χ4v) is 3.36. The fourth-order valence-electron chi connectivity index (χ4n) is 3.36. The Morgan fingerprint density at radius 2 is 1.67 bits per heavy atom. The van der Waals surface area contributed by atoms with Crippen molar-refractivity contribution in [3.05, 3.63) is 96.6 Å². The summed E-state index contributed by atoms with van der Waals surface area (Å²) in [5, 5.41) is 14.6. The molecule has 5 N–H and O–H groups in total. The van der Waals surface area contributed by atoms with Crippen LogP contribution in [0.15, 0.2) is 91.0 Å². The average molecular weight is 492 g/mol. The molecule has 9 heteroatoms. The number of aliphatic hydroxyl groups excluding tert-OH is 1. The van der Waals surface area contributed by atoms with Gasteiger partial charge in [-0.15, -0.1) is 0 Å². The first-order valence-corrected chi connectivity index (χ1v) is 11.2. The van der Waals surface area contributed by atoms with Crippen LogP contribution >= 0.6 is 0 Å². The molecule has 0 aromatic heterocycles. The van der Waals surface area contributed by atoms with E-state index >= 15 is 0 Å². The number of nitrogens with two attached hydrogens (primary N) is 1. The van der Waals surface area contributed by atoms with E-state index in [2.05, 4.69) is 10.6 Å². The Bertz CT molecular complexity index is 1170. The lowest BCUT2D eigenvalue weighted by atomic mass is 10.0. The zero-order valence-electron chi connectivity index (χ0n) is 19.8. The molecule has 0 fully saturated rings. The van der Waals surface area contributed by atoms with E-state index in [1.807, 2.05) is 6.07 Å². The Kier molecular flexibility index (Phi) is 9.87. The van der Waals surface area contributed by atoms with Crippen LogP contribution in [0.4, 0.5) is 21.9 Å². The first-order valence-electron chi connectivity index (χ1n) is 11.2. The summed E-state index contributed by atoms with van der Waals surface area (Å²) in [5.41, 5.74) is 7.84. The third-order valence-electron chi connectivity index (χ3n) is 5.06. The maximum Gasteiger partial charge on any atom is 0.412 e. The van der Waals surface area contributed by atoms with Gasteiger partial charge in [0.15, 0.2) is 6.10 Å². The lowest BCUT2D eigenvalue weighted by molar-refractivity contribution is -0.112. The monoisotopic (exact) mass is 491 g/mol. The SMILES string of the molecule is CO[C@@H](/C=C/C(=O)Nc1ccccc1N)[C@@H](OC(=O)Nc1ccccc1)c1ccccc1OCCO. The smallest absolute Gasteiger partial charge is 0.412 e. The van der Waals surface area contributed by atoms with Gasteiger partial charge in [0.05, 0.1) is 18.0 Å². The summed E-state index contributed by atoms with van der Waals surface area (Å²) in [4.78, 5) is 25.3. The largest absolute Gasteiger partial charge is 0.491 e. The first kappa shape index (κ1) is 26.3. The van der Waals surface area contributed by atoms with E-state index in [-0.39, 0.29) is 13.2 Å². The Morgan fingerprint density at radius 3 is 2.39 bits per heavy atom. The number of carbonyl (C=O) groups excluding carboxylic acids is 2. The highest BCUT2D eigenvalue weighted by Crippen LogP contribution is 2.32. The van der Waals surface area contributed by atoms with Gasteiger partial charge in [-0.1, -0.05) is 48.5 Å². The van der Waals surface area contributed by atoms with Crippen molar-refractivity contribution in [2.45, 2.75) is 12.2 Å². The van der Waals surface area contributed by atoms with Crippen LogP contribution in [-0.2, 0) is 14.3 Å². The van der Waals surface area contributed by atoms with Crippen LogP contribution in [0.5, 0.6) is 5.75 Å². The van der Waals surface area contributed by atoms with E-state index in [1.165, 1.54) is 19.3 Å². The van der Waals surface area contributed by atoms with E-state index in [4.69, 9.17) is 19.9 Å². The molecule has 0 heterocycles. The fraction of sp³-hybridized carbons (Fsp3) is 0.185. The Balaban J connectivity index is 1.85. The summed E-state index contributed by atoms with van der Waals surface area (Å²) in [7, 11) is 1.44. The van der Waals surface area contributed by atoms with Gasteiger partial charge >= 0.3 is 6.09 Å². The van der Waals surface area contributed by atoms with Gasteiger partial charge in [0.25, 0.3) is 0 Å². The topological polar surface area (TPSA) is 132 Å². The van der Waals surface area contributed by atoms with Gasteiger partial charge in [-0.3, -0.25) is 10.1 Å². The van der Waals surface area contributed by atoms with E-state index in [0.717, 1.165) is 0 Å². The minimum absolute atomic E-state index is 0.0499. The maximum absolute atomic E-state index is 12.8. The highest BCUT2D eigenvalue weighted by molar-refractivity contribution is 6.01. The van der Waals surface area contributed by atoms with Crippen LogP contribution in [0.3, 0.4) is 0 Å². The molecule has 0 radical (unpaired) electrons. The highest BCUT2D eigenvalue weighted by atomic mass is 16.6. The van der Waals surface area contributed by atoms with Gasteiger partial charge in [0.2, 0.25) is 5.91 Å². The third-order valence-corrected chi connectivity index (χ3v) is 5.06. The van der Waals surface area contributed by atoms with Crippen molar-refractivity contribution >= 4 is 29.1 Å². The van der Waals surface area contributed by atoms with Crippen LogP contribution in [0.2, 0.25) is 0 Å². The number of benzene rings is 3. The van der Waals surface area contributed by atoms with Crippen molar-refractivity contribution in [3.8, 4) is 5.75 Å². The first-order chi connectivity index (χ1) is 17.5. The molecule has 0 unspecified atom stereocenters. The van der Waals surface area contributed by atoms with Gasteiger partial charge < -0.3 is 30.4 Å². The molecule has 0 saturated carbocycles. The second kappa shape index (κ2) is 13.5. The number of para-hydroxylation sites is 4. The highest BCUT2D eigenvalue weighted by Gasteiger charge is 2.28. The van der Waals surface area contributed by atoms with Crippen molar-refractivity contribution in [1.29, 1.82) is 0 Å². The molecule has 3 aromatic rings. The number of carbonyl (C=O) groups is 2. The number of rotatable bonds is 11. The maximum atomic E-state index is 12.8. The summed E-state index contributed by atoms with van der Waals surface area (Å²) in [5.74, 6) is -0.0340. The van der Waals surface area contributed by atoms with E-state index < -0.39 is 24.2 Å². The number of hydrogen-bond acceptors (Lipinski definition) is 7. The molecule has 0 spiro atoms. The molecule has 3 rings (SSSR count). The van der Waals surface area contributed by atoms with Crippen molar-refractivity contribution < 1.29 is 28.9 Å². The van der Waals surface area contributed by atoms with Crippen LogP contribution in [-0.4, -0.2) is 43.5 Å². The minimum atomic E-state index is -0.987. The Labute approximate surface area is 209 Å². The lowest BCUT2D eigenvalue weighted by Crippen LogP contribution is -2.27. The molecule has 0 aliphatic rings. The predicted octanol–water partition coefficient (Wildman–Crippen LogP) is 4.14. The number of nitrogens with one attached hydrogen (secondary N) is 2. The number of methoxy groups -OCH3 is 1. The standard InChI is InChI=1S/C27H29N3O6/c1-34-24(15-16-25(32)30-22-13-7-6-12-21(22)28)26(20-11-5-8-14-23(20)35-18-17-31)36-27(33)29-19-9-3-2-4-10-19/h2-16,24,26,31H,17-18,28H2,1H3,(H,29,33)(H,30,32)/b16-15+/t24-,26-/m0/s1. The second-order valence-electron chi connectivity index (χ2n) is 7.56. The molecule has 188 valence electrons. The van der Waals surface area contributed by atoms with Crippen molar-refractivity contribution in [2.75, 3.05) is 36.7 Å². The van der Waals surface area contributed by atoms with Crippen LogP contribution in [0.25, 0.3) is 0 Å². The molecule has 0 saturated heterocycles. The molecule has 3 aromatic carbocycles. The molecule has 0 aliphatic carbocycles. The molecular weight excluding hydrogens is 462 g/mol. The van der Waals surface area contributed by atoms with E-state index in [0.29, 0.717) is 28.4 Å². The average Bonchev–Trinajstić information content (AvgIpc) is 2.89. The van der Waals surface area contributed by atoms with E-state index in [9.17, 15) is 14.7 Å². The van der Waals surface area contributed by atoms with Gasteiger partial charge in [-0.25, -0.2) is 4.79 Å². The molecule has 9 nitrogen and oxygen atoms in total. The van der Waals surface area contributed by atoms with Crippen LogP contribution in [0.1, 0.15) is 11.7 Å². The summed E-state index contributed by atoms with van der Waals surface area (Å²) >= 11 is 0. The Morgan fingerprint density at radius 1 is 0.972 bits per heavy atom. The summed E-state index contributed by atoms with van der Waals surface area (Å²) in [6, 6.07) is 22.6. The van der Waals surface area contributed by atoms with Crippen LogP contribution < -0.4 is 21.1 Å². The van der Waals surface area contributed by atoms with Gasteiger partial charge in [0.1, 0.15) is 18.5 Å². The normalized spacial score (nSPS) is 12.5. The number of anilines is 3. The summed E-state index contributed by atoms with van der Waals surface area (Å²) in [6.45, 7) is -0.140. The molecule has 0 bridgehead atoms. The third kappa shape index (κ3) is 7.59. The summed E-state index contributed by atoms with van der Waals surface area (Å²) in [6.07, 6.45) is 0.199. The zero-order chi connectivity index (χ0) is 25.8. The molecule has 2 atom stereocenters. The number of aliphatic hydroxyl groups is 1. The Hall–Kier alpha value is -4.34. The number of nitrogen functional groups attached to an aromatic ring is 1. The van der Waals surface area contributed by atoms with Gasteiger partial charge in [0, 0.05) is 24.4 Å². The van der Waals surface area contributed by atoms with Gasteiger partial charge in [-0.2, -0.15) is 0 Å². The van der Waals surface area contributed by atoms with Gasteiger partial charge in [-0.05, 0) is 36.4 Å². The number of ether oxygens (including phenoxy) is 3. The predicted molar refractivity (Wildman–Crippen MR) is 138 cm³/mol. The molecule has 36 heavy (non-hydrogen) atoms. The van der Waals surface area contributed by atoms with Crippen molar-refractivity contribution in [1.82, 2.24) is 0 Å². The van der Waals surface area contributed by atoms with Crippen molar-refractivity contribution in [2.24, 2.45) is 0 Å². The molecule has 0 aliphatic heterocycles. The van der Waals surface area contributed by atoms with Crippen molar-refractivity contribution in [3.63, 3.8) is 0 Å². The lowest BCUT2D eigenvalue weighted by Gasteiger charge is -2.26.